The van der Waals surface area contributed by atoms with Crippen LogP contribution in [0.1, 0.15) is 21.6 Å². The maximum Gasteiger partial charge on any atom is 0.354 e. The summed E-state index contributed by atoms with van der Waals surface area (Å²) in [7, 11) is -4.07. The molecule has 0 radical (unpaired) electrons. The van der Waals surface area contributed by atoms with Crippen molar-refractivity contribution in [3.8, 4) is 11.8 Å². The Morgan fingerprint density at radius 2 is 1.79 bits per heavy atom. The summed E-state index contributed by atoms with van der Waals surface area (Å²) in [6.07, 6.45) is 1.33. The number of carboxylic acids is 1. The lowest BCUT2D eigenvalue weighted by Crippen LogP contribution is -2.14. The number of carboxylic acid groups (broad SMARTS) is 1. The van der Waals surface area contributed by atoms with Crippen molar-refractivity contribution < 1.29 is 18.3 Å². The number of fused-ring (bicyclic) bond motifs is 1. The summed E-state index contributed by atoms with van der Waals surface area (Å²) in [5.74, 6) is 4.60. The van der Waals surface area contributed by atoms with E-state index in [4.69, 9.17) is 28.3 Å². The fourth-order valence-electron chi connectivity index (χ4n) is 2.98. The fraction of sp³-hybridized carbons (Fsp3) is 0. The predicted octanol–water partition coefficient (Wildman–Crippen LogP) is 4.84. The van der Waals surface area contributed by atoms with Crippen LogP contribution in [0.4, 0.5) is 5.69 Å². The van der Waals surface area contributed by atoms with Gasteiger partial charge in [0, 0.05) is 22.7 Å². The van der Waals surface area contributed by atoms with E-state index in [1.165, 1.54) is 30.5 Å². The standard InChI is InChI=1S/C23H13Cl2N3O4S/c24-17-12-21(25)27-22-16(17)5-3-7-20(22)33(31,32)28-18-6-2-1-4-15(18)10-8-14-9-11-19(23(29)30)26-13-14/h1-7,9,11-13,28H,(H,29,30). The number of carbonyl (C=O) groups is 1. The first kappa shape index (κ1) is 22.6. The van der Waals surface area contributed by atoms with Crippen LogP contribution in [0.2, 0.25) is 10.2 Å². The number of anilines is 1. The van der Waals surface area contributed by atoms with Gasteiger partial charge < -0.3 is 5.11 Å². The van der Waals surface area contributed by atoms with Gasteiger partial charge in [-0.2, -0.15) is 0 Å². The number of nitrogens with zero attached hydrogens (tertiary/aromatic N) is 2. The van der Waals surface area contributed by atoms with E-state index in [-0.39, 0.29) is 32.0 Å². The molecule has 0 saturated heterocycles. The Labute approximate surface area is 199 Å². The molecule has 2 N–H and O–H groups in total. The zero-order valence-electron chi connectivity index (χ0n) is 16.6. The number of para-hydroxylation sites is 2. The summed E-state index contributed by atoms with van der Waals surface area (Å²) >= 11 is 12.2. The molecule has 2 aromatic heterocycles. The number of pyridine rings is 2. The molecule has 4 aromatic rings. The molecule has 10 heteroatoms. The molecule has 2 aromatic carbocycles. The van der Waals surface area contributed by atoms with Crippen molar-refractivity contribution in [1.29, 1.82) is 0 Å². The molecular formula is C23H13Cl2N3O4S. The average molecular weight is 498 g/mol. The molecule has 7 nitrogen and oxygen atoms in total. The van der Waals surface area contributed by atoms with Gasteiger partial charge in [-0.25, -0.2) is 23.2 Å². The van der Waals surface area contributed by atoms with Crippen molar-refractivity contribution in [3.63, 3.8) is 0 Å². The van der Waals surface area contributed by atoms with Crippen LogP contribution < -0.4 is 4.72 Å². The van der Waals surface area contributed by atoms with E-state index in [2.05, 4.69) is 26.5 Å². The van der Waals surface area contributed by atoms with Gasteiger partial charge in [0.1, 0.15) is 15.7 Å². The minimum Gasteiger partial charge on any atom is -0.477 e. The van der Waals surface area contributed by atoms with Crippen LogP contribution in [0.25, 0.3) is 10.9 Å². The average Bonchev–Trinajstić information content (AvgIpc) is 2.78. The third-order valence-corrected chi connectivity index (χ3v) is 6.41. The van der Waals surface area contributed by atoms with E-state index < -0.39 is 16.0 Å². The summed E-state index contributed by atoms with van der Waals surface area (Å²) in [4.78, 5) is 18.8. The van der Waals surface area contributed by atoms with Crippen molar-refractivity contribution in [2.75, 3.05) is 4.72 Å². The number of hydrogen-bond donors (Lipinski definition) is 2. The number of nitrogens with one attached hydrogen (secondary N) is 1. The first-order valence-electron chi connectivity index (χ1n) is 9.32. The van der Waals surface area contributed by atoms with Crippen LogP contribution in [0.3, 0.4) is 0 Å². The zero-order valence-corrected chi connectivity index (χ0v) is 18.9. The third-order valence-electron chi connectivity index (χ3n) is 4.51. The van der Waals surface area contributed by atoms with Crippen molar-refractivity contribution in [2.45, 2.75) is 4.90 Å². The quantitative estimate of drug-likeness (QED) is 0.308. The van der Waals surface area contributed by atoms with Crippen LogP contribution in [-0.4, -0.2) is 29.5 Å². The smallest absolute Gasteiger partial charge is 0.354 e. The maximum absolute atomic E-state index is 13.2. The van der Waals surface area contributed by atoms with Crippen molar-refractivity contribution in [3.05, 3.63) is 93.9 Å². The highest BCUT2D eigenvalue weighted by Gasteiger charge is 2.21. The van der Waals surface area contributed by atoms with Crippen LogP contribution in [0.5, 0.6) is 0 Å². The van der Waals surface area contributed by atoms with Gasteiger partial charge in [-0.3, -0.25) is 4.72 Å². The van der Waals surface area contributed by atoms with Crippen LogP contribution in [0.15, 0.2) is 71.8 Å². The molecule has 0 fully saturated rings. The first-order valence-corrected chi connectivity index (χ1v) is 11.6. The lowest BCUT2D eigenvalue weighted by molar-refractivity contribution is 0.0690. The molecule has 0 aliphatic heterocycles. The van der Waals surface area contributed by atoms with Gasteiger partial charge in [-0.15, -0.1) is 0 Å². The first-order chi connectivity index (χ1) is 15.7. The van der Waals surface area contributed by atoms with E-state index in [0.717, 1.165) is 0 Å². The summed E-state index contributed by atoms with van der Waals surface area (Å²) in [6.45, 7) is 0. The van der Waals surface area contributed by atoms with Crippen LogP contribution in [0, 0.1) is 11.8 Å². The molecule has 0 unspecified atom stereocenters. The van der Waals surface area contributed by atoms with Crippen molar-refractivity contribution in [2.24, 2.45) is 0 Å². The highest BCUT2D eigenvalue weighted by atomic mass is 35.5. The van der Waals surface area contributed by atoms with E-state index >= 15 is 0 Å². The predicted molar refractivity (Wildman–Crippen MR) is 126 cm³/mol. The molecule has 0 bridgehead atoms. The summed E-state index contributed by atoms with van der Waals surface area (Å²) in [6, 6.07) is 15.5. The van der Waals surface area contributed by atoms with Crippen LogP contribution in [-0.2, 0) is 10.0 Å². The molecule has 33 heavy (non-hydrogen) atoms. The Morgan fingerprint density at radius 1 is 1.00 bits per heavy atom. The second-order valence-electron chi connectivity index (χ2n) is 6.72. The summed E-state index contributed by atoms with van der Waals surface area (Å²) in [5.41, 5.74) is 1.19. The summed E-state index contributed by atoms with van der Waals surface area (Å²) < 4.78 is 29.0. The lowest BCUT2D eigenvalue weighted by atomic mass is 10.1. The Balaban J connectivity index is 1.70. The lowest BCUT2D eigenvalue weighted by Gasteiger charge is -2.12. The minimum absolute atomic E-state index is 0.0731. The van der Waals surface area contributed by atoms with Crippen molar-refractivity contribution >= 4 is 55.8 Å². The fourth-order valence-corrected chi connectivity index (χ4v) is 4.73. The van der Waals surface area contributed by atoms with E-state index in [9.17, 15) is 13.2 Å². The zero-order chi connectivity index (χ0) is 23.6. The normalized spacial score (nSPS) is 11.0. The molecule has 4 rings (SSSR count). The number of rotatable bonds is 4. The number of halogens is 2. The monoisotopic (exact) mass is 497 g/mol. The molecule has 0 atom stereocenters. The Hall–Kier alpha value is -3.64. The van der Waals surface area contributed by atoms with Crippen LogP contribution >= 0.6 is 23.2 Å². The molecule has 0 spiro atoms. The second kappa shape index (κ2) is 9.08. The Morgan fingerprint density at radius 3 is 2.52 bits per heavy atom. The van der Waals surface area contributed by atoms with Crippen molar-refractivity contribution in [1.82, 2.24) is 9.97 Å². The molecule has 0 saturated carbocycles. The van der Waals surface area contributed by atoms with Gasteiger partial charge in [-0.1, -0.05) is 59.3 Å². The molecule has 164 valence electrons. The SMILES string of the molecule is O=C(O)c1ccc(C#Cc2ccccc2NS(=O)(=O)c2cccc3c(Cl)cc(Cl)nc23)cn1. The molecule has 0 aliphatic rings. The van der Waals surface area contributed by atoms with E-state index in [1.807, 2.05) is 0 Å². The molecule has 0 amide bonds. The molecule has 0 aliphatic carbocycles. The van der Waals surface area contributed by atoms with E-state index in [0.29, 0.717) is 16.5 Å². The van der Waals surface area contributed by atoms with Gasteiger partial charge >= 0.3 is 5.97 Å². The third kappa shape index (κ3) is 4.91. The Kier molecular flexibility index (Phi) is 6.20. The highest BCUT2D eigenvalue weighted by molar-refractivity contribution is 7.93. The Bertz CT molecular complexity index is 1560. The largest absolute Gasteiger partial charge is 0.477 e. The number of aromatic nitrogens is 2. The number of aromatic carboxylic acids is 1. The second-order valence-corrected chi connectivity index (χ2v) is 9.16. The van der Waals surface area contributed by atoms with Gasteiger partial charge in [0.05, 0.1) is 16.2 Å². The number of sulfonamides is 1. The van der Waals surface area contributed by atoms with Gasteiger partial charge in [-0.05, 0) is 36.4 Å². The molecular weight excluding hydrogens is 485 g/mol. The number of hydrogen-bond acceptors (Lipinski definition) is 5. The maximum atomic E-state index is 13.2. The van der Waals surface area contributed by atoms with Gasteiger partial charge in [0.25, 0.3) is 10.0 Å². The number of benzene rings is 2. The minimum atomic E-state index is -4.07. The highest BCUT2D eigenvalue weighted by Crippen LogP contribution is 2.30. The topological polar surface area (TPSA) is 109 Å². The molecule has 2 heterocycles. The van der Waals surface area contributed by atoms with Gasteiger partial charge in [0.2, 0.25) is 0 Å². The summed E-state index contributed by atoms with van der Waals surface area (Å²) in [5, 5.41) is 9.75. The van der Waals surface area contributed by atoms with E-state index in [1.54, 1.807) is 36.4 Å². The van der Waals surface area contributed by atoms with Gasteiger partial charge in [0.15, 0.2) is 0 Å².